The molecule has 1 rings (SSSR count). The summed E-state index contributed by atoms with van der Waals surface area (Å²) in [5.41, 5.74) is 0. The molecule has 0 aliphatic carbocycles. The van der Waals surface area contributed by atoms with Crippen LogP contribution < -0.4 is 5.32 Å². The normalized spacial score (nSPS) is 13.5. The van der Waals surface area contributed by atoms with E-state index < -0.39 is 9.84 Å². The second-order valence-electron chi connectivity index (χ2n) is 4.37. The van der Waals surface area contributed by atoms with E-state index in [-0.39, 0.29) is 5.75 Å². The van der Waals surface area contributed by atoms with Crippen LogP contribution >= 0.6 is 11.6 Å². The van der Waals surface area contributed by atoms with E-state index in [1.807, 2.05) is 6.92 Å². The minimum atomic E-state index is -3.17. The highest BCUT2D eigenvalue weighted by Gasteiger charge is 2.14. The molecular weight excluding hydrogens is 270 g/mol. The highest BCUT2D eigenvalue weighted by atomic mass is 35.5. The third-order valence-electron chi connectivity index (χ3n) is 2.78. The predicted octanol–water partition coefficient (Wildman–Crippen LogP) is 2.89. The van der Waals surface area contributed by atoms with E-state index in [2.05, 4.69) is 12.2 Å². The monoisotopic (exact) mass is 289 g/mol. The van der Waals surface area contributed by atoms with Gasteiger partial charge in [0.2, 0.25) is 0 Å². The Balaban J connectivity index is 2.52. The first-order valence-electron chi connectivity index (χ1n) is 6.17. The van der Waals surface area contributed by atoms with Crippen LogP contribution in [0.3, 0.4) is 0 Å². The maximum absolute atomic E-state index is 12.0. The Morgan fingerprint density at radius 3 is 2.44 bits per heavy atom. The molecule has 0 spiro atoms. The van der Waals surface area contributed by atoms with Crippen LogP contribution in [-0.2, 0) is 9.84 Å². The zero-order chi connectivity index (χ0) is 13.6. The predicted molar refractivity (Wildman–Crippen MR) is 75.9 cm³/mol. The second kappa shape index (κ2) is 7.12. The third kappa shape index (κ3) is 4.96. The molecule has 0 fully saturated rings. The number of hydrogen-bond donors (Lipinski definition) is 1. The van der Waals surface area contributed by atoms with Gasteiger partial charge in [0, 0.05) is 11.1 Å². The number of sulfone groups is 1. The molecule has 3 nitrogen and oxygen atoms in total. The van der Waals surface area contributed by atoms with Gasteiger partial charge in [0.15, 0.2) is 9.84 Å². The fourth-order valence-corrected chi connectivity index (χ4v) is 3.25. The van der Waals surface area contributed by atoms with Crippen molar-refractivity contribution >= 4 is 21.4 Å². The van der Waals surface area contributed by atoms with Gasteiger partial charge in [0.05, 0.1) is 10.6 Å². The Morgan fingerprint density at radius 1 is 1.28 bits per heavy atom. The molecular formula is C13H20ClNO2S. The van der Waals surface area contributed by atoms with E-state index in [1.165, 1.54) is 0 Å². The number of hydrogen-bond acceptors (Lipinski definition) is 3. The van der Waals surface area contributed by atoms with Crippen molar-refractivity contribution in [1.29, 1.82) is 0 Å². The lowest BCUT2D eigenvalue weighted by molar-refractivity contribution is 0.521. The number of rotatable bonds is 7. The molecule has 0 radical (unpaired) electrons. The Hall–Kier alpha value is -0.580. The number of nitrogens with one attached hydrogen (secondary N) is 1. The van der Waals surface area contributed by atoms with Crippen LogP contribution in [0.15, 0.2) is 29.2 Å². The van der Waals surface area contributed by atoms with E-state index >= 15 is 0 Å². The van der Waals surface area contributed by atoms with Gasteiger partial charge < -0.3 is 5.32 Å². The van der Waals surface area contributed by atoms with E-state index in [4.69, 9.17) is 11.6 Å². The fraction of sp³-hybridized carbons (Fsp3) is 0.538. The minimum Gasteiger partial charge on any atom is -0.315 e. The van der Waals surface area contributed by atoms with Crippen LogP contribution in [0.25, 0.3) is 0 Å². The van der Waals surface area contributed by atoms with Gasteiger partial charge in [-0.3, -0.25) is 0 Å². The van der Waals surface area contributed by atoms with Crippen LogP contribution in [0.4, 0.5) is 0 Å². The topological polar surface area (TPSA) is 46.2 Å². The first kappa shape index (κ1) is 15.5. The van der Waals surface area contributed by atoms with Crippen molar-refractivity contribution in [3.8, 4) is 0 Å². The summed E-state index contributed by atoms with van der Waals surface area (Å²) in [7, 11) is -3.17. The van der Waals surface area contributed by atoms with Gasteiger partial charge in [-0.2, -0.15) is 0 Å². The van der Waals surface area contributed by atoms with Gasteiger partial charge in [-0.1, -0.05) is 18.5 Å². The Kier molecular flexibility index (Phi) is 6.12. The average Bonchev–Trinajstić information content (AvgIpc) is 2.29. The summed E-state index contributed by atoms with van der Waals surface area (Å²) in [5.74, 6) is 0.185. The Bertz CT molecular complexity index is 456. The summed E-state index contributed by atoms with van der Waals surface area (Å²) in [6.07, 6.45) is 1.53. The molecule has 102 valence electrons. The van der Waals surface area contributed by atoms with E-state index in [0.717, 1.165) is 13.0 Å². The van der Waals surface area contributed by atoms with E-state index in [0.29, 0.717) is 22.4 Å². The lowest BCUT2D eigenvalue weighted by atomic mass is 10.2. The molecule has 1 N–H and O–H groups in total. The molecule has 0 bridgehead atoms. The molecule has 0 aliphatic rings. The van der Waals surface area contributed by atoms with Gasteiger partial charge in [-0.05, 0) is 50.6 Å². The Labute approximate surface area is 114 Å². The van der Waals surface area contributed by atoms with Crippen molar-refractivity contribution in [3.63, 3.8) is 0 Å². The van der Waals surface area contributed by atoms with Crippen LogP contribution in [0, 0.1) is 0 Å². The maximum Gasteiger partial charge on any atom is 0.178 e. The minimum absolute atomic E-state index is 0.185. The van der Waals surface area contributed by atoms with Crippen LogP contribution in [-0.4, -0.2) is 26.8 Å². The highest BCUT2D eigenvalue weighted by Crippen LogP contribution is 2.16. The molecule has 0 saturated heterocycles. The van der Waals surface area contributed by atoms with Crippen molar-refractivity contribution < 1.29 is 8.42 Å². The van der Waals surface area contributed by atoms with Crippen molar-refractivity contribution in [1.82, 2.24) is 5.32 Å². The molecule has 1 aromatic carbocycles. The number of halogens is 1. The quantitative estimate of drug-likeness (QED) is 0.839. The van der Waals surface area contributed by atoms with E-state index in [1.54, 1.807) is 24.3 Å². The molecule has 0 heterocycles. The summed E-state index contributed by atoms with van der Waals surface area (Å²) in [5, 5.41) is 3.82. The van der Waals surface area contributed by atoms with Gasteiger partial charge in [-0.15, -0.1) is 0 Å². The lowest BCUT2D eigenvalue weighted by Crippen LogP contribution is -2.26. The molecule has 0 saturated carbocycles. The van der Waals surface area contributed by atoms with E-state index in [9.17, 15) is 8.42 Å². The summed E-state index contributed by atoms with van der Waals surface area (Å²) in [6, 6.07) is 6.69. The molecule has 1 atom stereocenters. The van der Waals surface area contributed by atoms with Crippen LogP contribution in [0.1, 0.15) is 26.7 Å². The fourth-order valence-electron chi connectivity index (χ4n) is 1.79. The summed E-state index contributed by atoms with van der Waals surface area (Å²) in [6.45, 7) is 5.02. The van der Waals surface area contributed by atoms with Crippen LogP contribution in [0.2, 0.25) is 5.02 Å². The zero-order valence-corrected chi connectivity index (χ0v) is 12.4. The smallest absolute Gasteiger partial charge is 0.178 e. The highest BCUT2D eigenvalue weighted by molar-refractivity contribution is 7.91. The van der Waals surface area contributed by atoms with Gasteiger partial charge in [-0.25, -0.2) is 8.42 Å². The maximum atomic E-state index is 12.0. The van der Waals surface area contributed by atoms with Crippen molar-refractivity contribution in [2.75, 3.05) is 12.3 Å². The first-order chi connectivity index (χ1) is 8.45. The second-order valence-corrected chi connectivity index (χ2v) is 6.92. The average molecular weight is 290 g/mol. The molecule has 0 amide bonds. The third-order valence-corrected chi connectivity index (χ3v) is 4.84. The molecule has 1 aromatic rings. The van der Waals surface area contributed by atoms with Crippen LogP contribution in [0.5, 0.6) is 0 Å². The molecule has 0 aliphatic heterocycles. The lowest BCUT2D eigenvalue weighted by Gasteiger charge is -2.11. The van der Waals surface area contributed by atoms with Gasteiger partial charge in [0.1, 0.15) is 0 Å². The van der Waals surface area contributed by atoms with Gasteiger partial charge >= 0.3 is 0 Å². The zero-order valence-electron chi connectivity index (χ0n) is 10.8. The summed E-state index contributed by atoms with van der Waals surface area (Å²) < 4.78 is 24.0. The molecule has 5 heteroatoms. The largest absolute Gasteiger partial charge is 0.315 e. The Morgan fingerprint density at radius 2 is 1.89 bits per heavy atom. The first-order valence-corrected chi connectivity index (χ1v) is 8.20. The van der Waals surface area contributed by atoms with Crippen molar-refractivity contribution in [2.24, 2.45) is 0 Å². The molecule has 18 heavy (non-hydrogen) atoms. The SMILES string of the molecule is CCNC(C)CCCS(=O)(=O)c1ccc(Cl)cc1. The van der Waals surface area contributed by atoms with Gasteiger partial charge in [0.25, 0.3) is 0 Å². The summed E-state index contributed by atoms with van der Waals surface area (Å²) in [4.78, 5) is 0.350. The molecule has 0 aromatic heterocycles. The molecule has 1 unspecified atom stereocenters. The summed E-state index contributed by atoms with van der Waals surface area (Å²) >= 11 is 5.74. The van der Waals surface area contributed by atoms with Crippen molar-refractivity contribution in [2.45, 2.75) is 37.6 Å². The van der Waals surface area contributed by atoms with Crippen molar-refractivity contribution in [3.05, 3.63) is 29.3 Å². The number of benzene rings is 1. The standard InChI is InChI=1S/C13H20ClNO2S/c1-3-15-11(2)5-4-10-18(16,17)13-8-6-12(14)7-9-13/h6-9,11,15H,3-5,10H2,1-2H3.